The molecule has 4 atom stereocenters. The fourth-order valence-electron chi connectivity index (χ4n) is 6.16. The second kappa shape index (κ2) is 9.61. The molecule has 1 aliphatic carbocycles. The highest BCUT2D eigenvalue weighted by atomic mass is 16.2. The molecule has 11 nitrogen and oxygen atoms in total. The van der Waals surface area contributed by atoms with E-state index in [0.29, 0.717) is 18.4 Å². The molecule has 0 spiro atoms. The summed E-state index contributed by atoms with van der Waals surface area (Å²) in [6, 6.07) is 12.6. The fourth-order valence-corrected chi connectivity index (χ4v) is 6.16. The van der Waals surface area contributed by atoms with E-state index in [0.717, 1.165) is 39.8 Å². The first-order valence-corrected chi connectivity index (χ1v) is 13.7. The predicted octanol–water partition coefficient (Wildman–Crippen LogP) is 2.16. The fraction of sp³-hybridized carbons (Fsp3) is 0.300. The number of nitrogens with one attached hydrogen (secondary N) is 1. The van der Waals surface area contributed by atoms with E-state index in [1.165, 1.54) is 4.90 Å². The second-order valence-electron chi connectivity index (χ2n) is 11.0. The Morgan fingerprint density at radius 3 is 2.73 bits per heavy atom. The molecule has 206 valence electrons. The maximum Gasteiger partial charge on any atom is 0.255 e. The van der Waals surface area contributed by atoms with Gasteiger partial charge in [0.1, 0.15) is 6.04 Å². The number of benzene rings is 2. The van der Waals surface area contributed by atoms with Gasteiger partial charge in [0.15, 0.2) is 0 Å². The summed E-state index contributed by atoms with van der Waals surface area (Å²) in [5.41, 5.74) is 11.4. The molecule has 1 saturated carbocycles. The lowest BCUT2D eigenvalue weighted by Gasteiger charge is -2.29. The summed E-state index contributed by atoms with van der Waals surface area (Å²) in [5, 5.41) is 6.87. The zero-order valence-corrected chi connectivity index (χ0v) is 22.1. The molecule has 7 rings (SSSR count). The van der Waals surface area contributed by atoms with Crippen LogP contribution in [-0.4, -0.2) is 54.3 Å². The smallest absolute Gasteiger partial charge is 0.255 e. The lowest BCUT2D eigenvalue weighted by atomic mass is 9.92. The van der Waals surface area contributed by atoms with Gasteiger partial charge in [0.2, 0.25) is 17.7 Å². The SMILES string of the molecule is NC(=O)C(Cc1ccc2c(c1)CN(C1CCC(=O)NC1=O)C2=O)C1CC1n1cc(-c2cnc3ccccc3n2)cn1. The Labute approximate surface area is 234 Å². The van der Waals surface area contributed by atoms with Crippen molar-refractivity contribution in [3.05, 3.63) is 77.7 Å². The summed E-state index contributed by atoms with van der Waals surface area (Å²) in [5.74, 6) is -1.70. The molecule has 1 saturated heterocycles. The highest BCUT2D eigenvalue weighted by Gasteiger charge is 2.47. The normalized spacial score (nSPS) is 22.5. The van der Waals surface area contributed by atoms with Crippen molar-refractivity contribution in [2.24, 2.45) is 17.6 Å². The molecule has 2 aromatic carbocycles. The van der Waals surface area contributed by atoms with Gasteiger partial charge in [0, 0.05) is 36.2 Å². The number of amides is 4. The van der Waals surface area contributed by atoms with Gasteiger partial charge in [-0.15, -0.1) is 0 Å². The van der Waals surface area contributed by atoms with Gasteiger partial charge in [0.05, 0.1) is 35.2 Å². The Morgan fingerprint density at radius 2 is 1.93 bits per heavy atom. The van der Waals surface area contributed by atoms with E-state index in [2.05, 4.69) is 15.4 Å². The van der Waals surface area contributed by atoms with Crippen LogP contribution in [0.2, 0.25) is 0 Å². The number of aromatic nitrogens is 4. The van der Waals surface area contributed by atoms with E-state index in [4.69, 9.17) is 10.7 Å². The van der Waals surface area contributed by atoms with Crippen LogP contribution in [0, 0.1) is 11.8 Å². The van der Waals surface area contributed by atoms with E-state index < -0.39 is 17.9 Å². The minimum atomic E-state index is -0.666. The minimum Gasteiger partial charge on any atom is -0.369 e. The number of carbonyl (C=O) groups is 4. The third-order valence-electron chi connectivity index (χ3n) is 8.42. The van der Waals surface area contributed by atoms with Gasteiger partial charge in [-0.25, -0.2) is 4.98 Å². The molecule has 4 heterocycles. The molecular formula is C30H27N7O4. The number of hydrogen-bond acceptors (Lipinski definition) is 7. The van der Waals surface area contributed by atoms with E-state index in [9.17, 15) is 19.2 Å². The maximum absolute atomic E-state index is 13.0. The van der Waals surface area contributed by atoms with Crippen molar-refractivity contribution in [2.75, 3.05) is 0 Å². The summed E-state index contributed by atoms with van der Waals surface area (Å²) >= 11 is 0. The van der Waals surface area contributed by atoms with Gasteiger partial charge in [0.25, 0.3) is 5.91 Å². The lowest BCUT2D eigenvalue weighted by molar-refractivity contribution is -0.137. The Morgan fingerprint density at radius 1 is 1.10 bits per heavy atom. The van der Waals surface area contributed by atoms with Crippen LogP contribution in [0.15, 0.2) is 61.1 Å². The van der Waals surface area contributed by atoms with Gasteiger partial charge in [-0.05, 0) is 54.5 Å². The highest BCUT2D eigenvalue weighted by molar-refractivity contribution is 6.05. The topological polar surface area (TPSA) is 153 Å². The number of piperidine rings is 1. The third kappa shape index (κ3) is 4.52. The number of imide groups is 1. The first kappa shape index (κ1) is 25.1. The maximum atomic E-state index is 13.0. The average Bonchev–Trinajstić information content (AvgIpc) is 3.46. The number of hydrogen-bond donors (Lipinski definition) is 2. The van der Waals surface area contributed by atoms with Crippen LogP contribution in [0.4, 0.5) is 0 Å². The number of nitrogens with two attached hydrogens (primary N) is 1. The second-order valence-corrected chi connectivity index (χ2v) is 11.0. The number of carbonyl (C=O) groups excluding carboxylic acids is 4. The number of fused-ring (bicyclic) bond motifs is 2. The Balaban J connectivity index is 1.05. The van der Waals surface area contributed by atoms with E-state index in [-0.39, 0.29) is 42.6 Å². The molecule has 41 heavy (non-hydrogen) atoms. The Hall–Kier alpha value is -4.93. The number of rotatable bonds is 7. The van der Waals surface area contributed by atoms with Gasteiger partial charge >= 0.3 is 0 Å². The van der Waals surface area contributed by atoms with E-state index in [1.807, 2.05) is 47.3 Å². The molecule has 4 unspecified atom stereocenters. The van der Waals surface area contributed by atoms with Crippen LogP contribution in [0.1, 0.15) is 46.8 Å². The van der Waals surface area contributed by atoms with Crippen LogP contribution in [-0.2, 0) is 27.3 Å². The first-order valence-electron chi connectivity index (χ1n) is 13.7. The van der Waals surface area contributed by atoms with Crippen molar-refractivity contribution in [3.63, 3.8) is 0 Å². The molecule has 11 heteroatoms. The van der Waals surface area contributed by atoms with Gasteiger partial charge in [-0.3, -0.25) is 34.2 Å². The highest BCUT2D eigenvalue weighted by Crippen LogP contribution is 2.49. The van der Waals surface area contributed by atoms with Crippen molar-refractivity contribution >= 4 is 34.7 Å². The van der Waals surface area contributed by atoms with Crippen LogP contribution >= 0.6 is 0 Å². The van der Waals surface area contributed by atoms with E-state index in [1.54, 1.807) is 18.5 Å². The van der Waals surface area contributed by atoms with Crippen LogP contribution < -0.4 is 11.1 Å². The summed E-state index contributed by atoms with van der Waals surface area (Å²) in [6.07, 6.45) is 7.18. The first-order chi connectivity index (χ1) is 19.9. The van der Waals surface area contributed by atoms with Crippen molar-refractivity contribution in [1.82, 2.24) is 30.0 Å². The number of nitrogens with zero attached hydrogens (tertiary/aromatic N) is 5. The summed E-state index contributed by atoms with van der Waals surface area (Å²) in [7, 11) is 0. The minimum absolute atomic E-state index is 0.0396. The van der Waals surface area contributed by atoms with Crippen LogP contribution in [0.3, 0.4) is 0 Å². The molecule has 4 aromatic rings. The van der Waals surface area contributed by atoms with Crippen molar-refractivity contribution in [1.29, 1.82) is 0 Å². The van der Waals surface area contributed by atoms with Crippen molar-refractivity contribution < 1.29 is 19.2 Å². The van der Waals surface area contributed by atoms with E-state index >= 15 is 0 Å². The summed E-state index contributed by atoms with van der Waals surface area (Å²) in [6.45, 7) is 0.287. The molecule has 3 aliphatic rings. The molecule has 2 aromatic heterocycles. The number of para-hydroxylation sites is 2. The number of primary amides is 1. The van der Waals surface area contributed by atoms with Gasteiger partial charge in [-0.2, -0.15) is 5.10 Å². The molecule has 3 N–H and O–H groups in total. The Bertz CT molecular complexity index is 1750. The molecule has 2 aliphatic heterocycles. The third-order valence-corrected chi connectivity index (χ3v) is 8.42. The van der Waals surface area contributed by atoms with Gasteiger partial charge in [-0.1, -0.05) is 24.3 Å². The molecular weight excluding hydrogens is 522 g/mol. The molecule has 4 amide bonds. The largest absolute Gasteiger partial charge is 0.369 e. The molecule has 0 radical (unpaired) electrons. The quantitative estimate of drug-likeness (QED) is 0.335. The summed E-state index contributed by atoms with van der Waals surface area (Å²) in [4.78, 5) is 60.2. The van der Waals surface area contributed by atoms with Crippen LogP contribution in [0.5, 0.6) is 0 Å². The predicted molar refractivity (Wildman–Crippen MR) is 147 cm³/mol. The van der Waals surface area contributed by atoms with Crippen molar-refractivity contribution in [3.8, 4) is 11.3 Å². The lowest BCUT2D eigenvalue weighted by Crippen LogP contribution is -2.52. The van der Waals surface area contributed by atoms with Gasteiger partial charge < -0.3 is 10.6 Å². The zero-order valence-electron chi connectivity index (χ0n) is 22.1. The van der Waals surface area contributed by atoms with Crippen LogP contribution in [0.25, 0.3) is 22.3 Å². The standard InChI is InChI=1S/C30H27N7O4/c31-28(39)21(10-16-5-6-19-17(9-16)14-36(30(19)41)25-7-8-27(38)35-29(25)40)20-11-26(20)37-15-18(12-33-37)24-13-32-22-3-1-2-4-23(22)34-24/h1-6,9,12-13,15,20-21,25-26H,7-8,10-11,14H2,(H2,31,39)(H,35,38,40). The summed E-state index contributed by atoms with van der Waals surface area (Å²) < 4.78 is 1.88. The monoisotopic (exact) mass is 549 g/mol. The van der Waals surface area contributed by atoms with Crippen molar-refractivity contribution in [2.45, 2.75) is 44.3 Å². The molecule has 0 bridgehead atoms. The average molecular weight is 550 g/mol. The molecule has 2 fully saturated rings. The Kier molecular flexibility index (Phi) is 5.88. The zero-order chi connectivity index (χ0) is 28.2.